The van der Waals surface area contributed by atoms with Crippen LogP contribution in [0.1, 0.15) is 32.6 Å². The van der Waals surface area contributed by atoms with Crippen molar-refractivity contribution in [3.8, 4) is 0 Å². The molecule has 4 N–H and O–H groups in total. The third kappa shape index (κ3) is 5.09. The minimum Gasteiger partial charge on any atom is -0.480 e. The molecule has 2 atom stereocenters. The van der Waals surface area contributed by atoms with Crippen LogP contribution in [0.15, 0.2) is 0 Å². The van der Waals surface area contributed by atoms with E-state index in [9.17, 15) is 9.90 Å². The molecule has 0 heterocycles. The fourth-order valence-electron chi connectivity index (χ4n) is 0.973. The van der Waals surface area contributed by atoms with Gasteiger partial charge in [0.15, 0.2) is 0 Å². The van der Waals surface area contributed by atoms with Gasteiger partial charge in [-0.3, -0.25) is 4.79 Å². The summed E-state index contributed by atoms with van der Waals surface area (Å²) in [5.41, 5.74) is 5.25. The van der Waals surface area contributed by atoms with Crippen LogP contribution >= 0.6 is 0 Å². The van der Waals surface area contributed by atoms with Crippen LogP contribution in [-0.2, 0) is 4.79 Å². The van der Waals surface area contributed by atoms with E-state index in [0.29, 0.717) is 19.3 Å². The second kappa shape index (κ2) is 5.97. The first-order chi connectivity index (χ1) is 5.57. The maximum atomic E-state index is 10.3. The largest absolute Gasteiger partial charge is 0.480 e. The smallest absolute Gasteiger partial charge is 0.320 e. The van der Waals surface area contributed by atoms with Gasteiger partial charge >= 0.3 is 5.97 Å². The Morgan fingerprint density at radius 3 is 2.42 bits per heavy atom. The van der Waals surface area contributed by atoms with Crippen LogP contribution in [0.3, 0.4) is 0 Å². The molecular weight excluding hydrogens is 158 g/mol. The second-order valence-corrected chi connectivity index (χ2v) is 2.96. The zero-order valence-corrected chi connectivity index (χ0v) is 7.36. The zero-order chi connectivity index (χ0) is 9.56. The summed E-state index contributed by atoms with van der Waals surface area (Å²) in [5, 5.41) is 17.6. The van der Waals surface area contributed by atoms with Gasteiger partial charge in [-0.05, 0) is 19.3 Å². The molecule has 0 aromatic heterocycles. The third-order valence-electron chi connectivity index (χ3n) is 1.75. The molecule has 2 unspecified atom stereocenters. The Kier molecular flexibility index (Phi) is 5.66. The van der Waals surface area contributed by atoms with Crippen LogP contribution in [-0.4, -0.2) is 28.3 Å². The molecule has 12 heavy (non-hydrogen) atoms. The molecule has 72 valence electrons. The predicted molar refractivity (Wildman–Crippen MR) is 45.8 cm³/mol. The molecule has 4 nitrogen and oxygen atoms in total. The van der Waals surface area contributed by atoms with E-state index >= 15 is 0 Å². The lowest BCUT2D eigenvalue weighted by Crippen LogP contribution is -2.31. The molecule has 0 aromatic carbocycles. The first-order valence-corrected chi connectivity index (χ1v) is 4.24. The highest BCUT2D eigenvalue weighted by molar-refractivity contribution is 5.72. The fourth-order valence-corrected chi connectivity index (χ4v) is 0.973. The summed E-state index contributed by atoms with van der Waals surface area (Å²) < 4.78 is 0. The second-order valence-electron chi connectivity index (χ2n) is 2.96. The molecule has 0 bridgehead atoms. The van der Waals surface area contributed by atoms with Crippen LogP contribution in [0, 0.1) is 0 Å². The van der Waals surface area contributed by atoms with Crippen LogP contribution < -0.4 is 5.73 Å². The van der Waals surface area contributed by atoms with Gasteiger partial charge < -0.3 is 15.9 Å². The van der Waals surface area contributed by atoms with Crippen molar-refractivity contribution < 1.29 is 15.0 Å². The number of nitrogens with two attached hydrogens (primary N) is 1. The molecule has 0 rings (SSSR count). The summed E-state index contributed by atoms with van der Waals surface area (Å²) in [6.07, 6.45) is 2.04. The topological polar surface area (TPSA) is 83.5 Å². The molecule has 0 aromatic rings. The lowest BCUT2D eigenvalue weighted by molar-refractivity contribution is -0.138. The van der Waals surface area contributed by atoms with Gasteiger partial charge in [0.1, 0.15) is 6.04 Å². The Morgan fingerprint density at radius 1 is 1.42 bits per heavy atom. The van der Waals surface area contributed by atoms with Crippen LogP contribution in [0.4, 0.5) is 0 Å². The zero-order valence-electron chi connectivity index (χ0n) is 7.36. The van der Waals surface area contributed by atoms with Gasteiger partial charge in [-0.2, -0.15) is 0 Å². The molecule has 0 fully saturated rings. The number of aliphatic hydroxyl groups excluding tert-OH is 1. The summed E-state index contributed by atoms with van der Waals surface area (Å²) >= 11 is 0. The molecule has 0 spiro atoms. The summed E-state index contributed by atoms with van der Waals surface area (Å²) in [5.74, 6) is -1.00. The number of carboxylic acids is 1. The summed E-state index contributed by atoms with van der Waals surface area (Å²) in [6.45, 7) is 1.97. The molecule has 0 aliphatic rings. The monoisotopic (exact) mass is 175 g/mol. The van der Waals surface area contributed by atoms with E-state index < -0.39 is 18.1 Å². The highest BCUT2D eigenvalue weighted by Crippen LogP contribution is 2.05. The van der Waals surface area contributed by atoms with Crippen LogP contribution in [0.25, 0.3) is 0 Å². The van der Waals surface area contributed by atoms with Gasteiger partial charge in [-0.25, -0.2) is 0 Å². The Labute approximate surface area is 72.4 Å². The number of carbonyl (C=O) groups is 1. The van der Waals surface area contributed by atoms with Crippen molar-refractivity contribution in [1.29, 1.82) is 0 Å². The molecule has 0 aliphatic carbocycles. The quantitative estimate of drug-likeness (QED) is 0.543. The molecule has 0 radical (unpaired) electrons. The maximum absolute atomic E-state index is 10.3. The molecule has 0 saturated carbocycles. The standard InChI is InChI=1S/C8H17NO3/c1-2-3-6(10)4-5-7(9)8(11)12/h6-7,10H,2-5,9H2,1H3,(H,11,12). The number of rotatable bonds is 6. The number of carboxylic acid groups (broad SMARTS) is 1. The summed E-state index contributed by atoms with van der Waals surface area (Å²) in [6, 6.07) is -0.837. The third-order valence-corrected chi connectivity index (χ3v) is 1.75. The van der Waals surface area contributed by atoms with Crippen molar-refractivity contribution in [2.75, 3.05) is 0 Å². The van der Waals surface area contributed by atoms with Gasteiger partial charge in [0, 0.05) is 0 Å². The normalized spacial score (nSPS) is 15.6. The molecular formula is C8H17NO3. The van der Waals surface area contributed by atoms with Crippen molar-refractivity contribution in [3.63, 3.8) is 0 Å². The predicted octanol–water partition coefficient (Wildman–Crippen LogP) is 0.339. The Hall–Kier alpha value is -0.610. The van der Waals surface area contributed by atoms with E-state index in [1.54, 1.807) is 0 Å². The van der Waals surface area contributed by atoms with E-state index in [-0.39, 0.29) is 0 Å². The van der Waals surface area contributed by atoms with Crippen molar-refractivity contribution in [2.24, 2.45) is 5.73 Å². The van der Waals surface area contributed by atoms with E-state index in [0.717, 1.165) is 6.42 Å². The van der Waals surface area contributed by atoms with E-state index in [2.05, 4.69) is 0 Å². The maximum Gasteiger partial charge on any atom is 0.320 e. The lowest BCUT2D eigenvalue weighted by atomic mass is 10.1. The first kappa shape index (κ1) is 11.4. The Bertz CT molecular complexity index is 138. The van der Waals surface area contributed by atoms with Crippen LogP contribution in [0.5, 0.6) is 0 Å². The number of hydrogen-bond acceptors (Lipinski definition) is 3. The van der Waals surface area contributed by atoms with Gasteiger partial charge in [-0.1, -0.05) is 13.3 Å². The van der Waals surface area contributed by atoms with Crippen molar-refractivity contribution in [3.05, 3.63) is 0 Å². The van der Waals surface area contributed by atoms with Gasteiger partial charge in [0.05, 0.1) is 6.10 Å². The van der Waals surface area contributed by atoms with Gasteiger partial charge in [0.25, 0.3) is 0 Å². The number of aliphatic carboxylic acids is 1. The van der Waals surface area contributed by atoms with Crippen molar-refractivity contribution >= 4 is 5.97 Å². The molecule has 0 amide bonds. The van der Waals surface area contributed by atoms with Crippen molar-refractivity contribution in [2.45, 2.75) is 44.8 Å². The molecule has 0 saturated heterocycles. The SMILES string of the molecule is CCCC(O)CCC(N)C(=O)O. The number of hydrogen-bond donors (Lipinski definition) is 3. The van der Waals surface area contributed by atoms with Gasteiger partial charge in [-0.15, -0.1) is 0 Å². The van der Waals surface area contributed by atoms with Crippen molar-refractivity contribution in [1.82, 2.24) is 0 Å². The average molecular weight is 175 g/mol. The minimum atomic E-state index is -1.00. The minimum absolute atomic E-state index is 0.344. The average Bonchev–Trinajstić information content (AvgIpc) is 2.00. The lowest BCUT2D eigenvalue weighted by Gasteiger charge is -2.10. The Balaban J connectivity index is 3.46. The molecule has 0 aliphatic heterocycles. The first-order valence-electron chi connectivity index (χ1n) is 4.24. The van der Waals surface area contributed by atoms with E-state index in [4.69, 9.17) is 10.8 Å². The van der Waals surface area contributed by atoms with Gasteiger partial charge in [0.2, 0.25) is 0 Å². The van der Waals surface area contributed by atoms with E-state index in [1.165, 1.54) is 0 Å². The molecule has 4 heteroatoms. The highest BCUT2D eigenvalue weighted by Gasteiger charge is 2.13. The Morgan fingerprint density at radius 2 is 2.00 bits per heavy atom. The highest BCUT2D eigenvalue weighted by atomic mass is 16.4. The van der Waals surface area contributed by atoms with Crippen LogP contribution in [0.2, 0.25) is 0 Å². The summed E-state index contributed by atoms with van der Waals surface area (Å²) in [4.78, 5) is 10.3. The van der Waals surface area contributed by atoms with E-state index in [1.807, 2.05) is 6.92 Å². The fraction of sp³-hybridized carbons (Fsp3) is 0.875. The summed E-state index contributed by atoms with van der Waals surface area (Å²) in [7, 11) is 0. The number of aliphatic hydroxyl groups is 1.